The predicted octanol–water partition coefficient (Wildman–Crippen LogP) is 0.705. The fourth-order valence-corrected chi connectivity index (χ4v) is 0.840. The topological polar surface area (TPSA) is 72.5 Å². The summed E-state index contributed by atoms with van der Waals surface area (Å²) in [6, 6.07) is -1.14. The van der Waals surface area contributed by atoms with Crippen molar-refractivity contribution in [3.63, 3.8) is 0 Å². The van der Waals surface area contributed by atoms with E-state index >= 15 is 0 Å². The number of esters is 1. The number of carbonyl (C=O) groups excluding carboxylic acids is 1. The smallest absolute Gasteiger partial charge is 0.379 e. The summed E-state index contributed by atoms with van der Waals surface area (Å²) in [6.07, 6.45) is -2.05. The van der Waals surface area contributed by atoms with E-state index in [0.29, 0.717) is 0 Å². The third-order valence-corrected chi connectivity index (χ3v) is 1.80. The molecule has 0 saturated heterocycles. The summed E-state index contributed by atoms with van der Waals surface area (Å²) in [4.78, 5) is 10.7. The van der Waals surface area contributed by atoms with Gasteiger partial charge in [0.1, 0.15) is 6.10 Å². The summed E-state index contributed by atoms with van der Waals surface area (Å²) in [6.45, 7) is 2.78. The van der Waals surface area contributed by atoms with Gasteiger partial charge >= 0.3 is 11.9 Å². The first-order valence-electron chi connectivity index (χ1n) is 4.36. The first-order chi connectivity index (χ1) is 6.37. The third-order valence-electron chi connectivity index (χ3n) is 1.80. The van der Waals surface area contributed by atoms with Crippen LogP contribution in [0.3, 0.4) is 0 Å². The molecule has 3 N–H and O–H groups in total. The minimum atomic E-state index is -3.94. The molecule has 0 aromatic heterocycles. The van der Waals surface area contributed by atoms with Crippen molar-refractivity contribution < 1.29 is 23.4 Å². The molecule has 0 aromatic rings. The molecule has 15 heavy (non-hydrogen) atoms. The number of ether oxygens (including phenoxy) is 1. The summed E-state index contributed by atoms with van der Waals surface area (Å²) in [5, 5.41) is 9.07. The van der Waals surface area contributed by atoms with Gasteiger partial charge in [-0.1, -0.05) is 6.92 Å². The molecule has 0 amide bonds. The van der Waals surface area contributed by atoms with Gasteiger partial charge in [0.15, 0.2) is 0 Å². The van der Waals surface area contributed by atoms with Crippen molar-refractivity contribution in [2.24, 2.45) is 5.73 Å². The number of carbonyl (C=O) groups is 1. The van der Waals surface area contributed by atoms with Crippen molar-refractivity contribution in [2.75, 3.05) is 6.61 Å². The summed E-state index contributed by atoms with van der Waals surface area (Å²) in [5.74, 6) is -5.68. The Balaban J connectivity index is 0. The molecule has 2 atom stereocenters. The predicted molar refractivity (Wildman–Crippen MR) is 53.1 cm³/mol. The van der Waals surface area contributed by atoms with Gasteiger partial charge in [0.25, 0.3) is 0 Å². The quantitative estimate of drug-likeness (QED) is 0.702. The van der Waals surface area contributed by atoms with Crippen LogP contribution < -0.4 is 5.73 Å². The summed E-state index contributed by atoms with van der Waals surface area (Å²) < 4.78 is 30.2. The van der Waals surface area contributed by atoms with Crippen LogP contribution in [-0.2, 0) is 9.53 Å². The molecule has 0 aliphatic heterocycles. The van der Waals surface area contributed by atoms with Crippen molar-refractivity contribution in [1.82, 2.24) is 0 Å². The molecule has 0 fully saturated rings. The number of alkyl halides is 2. The first-order valence-corrected chi connectivity index (χ1v) is 4.36. The van der Waals surface area contributed by atoms with Crippen LogP contribution in [0, 0.1) is 0 Å². The van der Waals surface area contributed by atoms with Crippen LogP contribution in [0.1, 0.15) is 20.3 Å². The normalized spacial score (nSPS) is 15.1. The molecule has 92 valence electrons. The van der Waals surface area contributed by atoms with Crippen LogP contribution in [0.4, 0.5) is 8.78 Å². The summed E-state index contributed by atoms with van der Waals surface area (Å²) in [7, 11) is 0. The minimum Gasteiger partial charge on any atom is -0.461 e. The van der Waals surface area contributed by atoms with Gasteiger partial charge in [-0.15, -0.1) is 12.4 Å². The van der Waals surface area contributed by atoms with E-state index in [2.05, 4.69) is 4.74 Å². The number of halogens is 3. The zero-order valence-corrected chi connectivity index (χ0v) is 9.39. The molecule has 4 nitrogen and oxygen atoms in total. The maximum atomic E-state index is 13.0. The van der Waals surface area contributed by atoms with Crippen LogP contribution in [0.2, 0.25) is 0 Å². The van der Waals surface area contributed by atoms with E-state index in [-0.39, 0.29) is 25.4 Å². The molecule has 0 bridgehead atoms. The lowest BCUT2D eigenvalue weighted by atomic mass is 10.0. The second-order valence-electron chi connectivity index (χ2n) is 2.86. The highest BCUT2D eigenvalue weighted by Crippen LogP contribution is 2.23. The lowest BCUT2D eigenvalue weighted by Gasteiger charge is -2.24. The minimum absolute atomic E-state index is 0. The molecule has 0 spiro atoms. The Hall–Kier alpha value is -0.460. The van der Waals surface area contributed by atoms with E-state index in [0.717, 1.165) is 0 Å². The highest BCUT2D eigenvalue weighted by molar-refractivity contribution is 5.85. The van der Waals surface area contributed by atoms with Crippen LogP contribution in [-0.4, -0.2) is 35.8 Å². The Morgan fingerprint density at radius 1 is 1.53 bits per heavy atom. The number of aliphatic hydroxyl groups is 1. The number of hydrogen-bond acceptors (Lipinski definition) is 4. The Morgan fingerprint density at radius 3 is 2.33 bits per heavy atom. The highest BCUT2D eigenvalue weighted by atomic mass is 35.5. The van der Waals surface area contributed by atoms with Crippen molar-refractivity contribution in [2.45, 2.75) is 38.3 Å². The van der Waals surface area contributed by atoms with E-state index in [4.69, 9.17) is 10.8 Å². The largest absolute Gasteiger partial charge is 0.461 e. The average molecular weight is 248 g/mol. The van der Waals surface area contributed by atoms with Gasteiger partial charge in [-0.2, -0.15) is 8.78 Å². The van der Waals surface area contributed by atoms with Crippen molar-refractivity contribution >= 4 is 18.4 Å². The van der Waals surface area contributed by atoms with E-state index in [1.54, 1.807) is 0 Å². The summed E-state index contributed by atoms with van der Waals surface area (Å²) in [5.41, 5.74) is 5.20. The Labute approximate surface area is 93.2 Å². The maximum absolute atomic E-state index is 13.0. The number of rotatable bonds is 5. The van der Waals surface area contributed by atoms with Gasteiger partial charge in [-0.25, -0.2) is 4.79 Å². The third kappa shape index (κ3) is 4.27. The summed E-state index contributed by atoms with van der Waals surface area (Å²) >= 11 is 0. The molecule has 0 aliphatic rings. The van der Waals surface area contributed by atoms with Crippen molar-refractivity contribution in [1.29, 1.82) is 0 Å². The highest BCUT2D eigenvalue weighted by Gasteiger charge is 2.50. The van der Waals surface area contributed by atoms with Gasteiger partial charge in [0, 0.05) is 6.04 Å². The number of hydrogen-bond donors (Lipinski definition) is 2. The zero-order valence-electron chi connectivity index (χ0n) is 8.57. The fourth-order valence-electron chi connectivity index (χ4n) is 0.840. The van der Waals surface area contributed by atoms with Crippen LogP contribution >= 0.6 is 12.4 Å². The number of nitrogens with two attached hydrogens (primary N) is 1. The fraction of sp³-hybridized carbons (Fsp3) is 0.875. The lowest BCUT2D eigenvalue weighted by molar-refractivity contribution is -0.190. The van der Waals surface area contributed by atoms with E-state index in [1.807, 2.05) is 0 Å². The molecule has 0 radical (unpaired) electrons. The van der Waals surface area contributed by atoms with E-state index in [1.165, 1.54) is 13.8 Å². The van der Waals surface area contributed by atoms with E-state index in [9.17, 15) is 13.6 Å². The molecule has 7 heteroatoms. The molecule has 0 rings (SSSR count). The van der Waals surface area contributed by atoms with Gasteiger partial charge in [0.05, 0.1) is 6.61 Å². The average Bonchev–Trinajstić information content (AvgIpc) is 2.15. The Bertz CT molecular complexity index is 204. The van der Waals surface area contributed by atoms with Gasteiger partial charge in [-0.05, 0) is 13.3 Å². The van der Waals surface area contributed by atoms with Gasteiger partial charge in [-0.3, -0.25) is 0 Å². The van der Waals surface area contributed by atoms with Crippen LogP contribution in [0.25, 0.3) is 0 Å². The molecular weight excluding hydrogens is 232 g/mol. The zero-order chi connectivity index (χ0) is 11.4. The van der Waals surface area contributed by atoms with Gasteiger partial charge < -0.3 is 15.6 Å². The molecule has 0 aliphatic carbocycles. The van der Waals surface area contributed by atoms with Crippen LogP contribution in [0.5, 0.6) is 0 Å². The standard InChI is InChI=1S/C8H15F2NO3.ClH/c1-3-5(11)6(12)8(9,10)7(13)14-4-2;/h5-6,12H,3-4,11H2,1-2H3;1H. The Morgan fingerprint density at radius 2 is 2.00 bits per heavy atom. The second kappa shape index (κ2) is 6.92. The lowest BCUT2D eigenvalue weighted by Crippen LogP contribution is -2.52. The van der Waals surface area contributed by atoms with Gasteiger partial charge in [0.2, 0.25) is 0 Å². The molecular formula is C8H16ClF2NO3. The monoisotopic (exact) mass is 247 g/mol. The maximum Gasteiger partial charge on any atom is 0.379 e. The second-order valence-corrected chi connectivity index (χ2v) is 2.86. The van der Waals surface area contributed by atoms with Crippen molar-refractivity contribution in [3.05, 3.63) is 0 Å². The SMILES string of the molecule is CCOC(=O)C(F)(F)C(O)C(N)CC.Cl. The number of aliphatic hydroxyl groups excluding tert-OH is 1. The molecule has 0 saturated carbocycles. The van der Waals surface area contributed by atoms with Crippen LogP contribution in [0.15, 0.2) is 0 Å². The molecule has 2 unspecified atom stereocenters. The molecule has 0 aromatic carbocycles. The van der Waals surface area contributed by atoms with E-state index < -0.39 is 24.0 Å². The Kier molecular flexibility index (Phi) is 7.82. The van der Waals surface area contributed by atoms with Crippen molar-refractivity contribution in [3.8, 4) is 0 Å². The first kappa shape index (κ1) is 17.0. The molecule has 0 heterocycles.